The van der Waals surface area contributed by atoms with Crippen LogP contribution >= 0.6 is 11.6 Å². The van der Waals surface area contributed by atoms with Gasteiger partial charge >= 0.3 is 0 Å². The quantitative estimate of drug-likeness (QED) is 0.821. The Morgan fingerprint density at radius 3 is 2.71 bits per heavy atom. The summed E-state index contributed by atoms with van der Waals surface area (Å²) in [6, 6.07) is 5.63. The highest BCUT2D eigenvalue weighted by Gasteiger charge is 2.03. The van der Waals surface area contributed by atoms with Crippen molar-refractivity contribution in [1.82, 2.24) is 4.98 Å². The van der Waals surface area contributed by atoms with Gasteiger partial charge in [0.25, 0.3) is 0 Å². The third kappa shape index (κ3) is 4.11. The Labute approximate surface area is 106 Å². The number of oxazole rings is 1. The summed E-state index contributed by atoms with van der Waals surface area (Å²) in [5, 5.41) is 0.599. The molecule has 17 heavy (non-hydrogen) atoms. The summed E-state index contributed by atoms with van der Waals surface area (Å²) in [7, 11) is 0. The van der Waals surface area contributed by atoms with Crippen LogP contribution in [0.15, 0.2) is 35.1 Å². The summed E-state index contributed by atoms with van der Waals surface area (Å²) < 4.78 is 10.5. The molecule has 1 aromatic carbocycles. The minimum Gasteiger partial charge on any atom is -0.482 e. The van der Waals surface area contributed by atoms with E-state index in [-0.39, 0.29) is 6.61 Å². The molecule has 0 radical (unpaired) electrons. The predicted octanol–water partition coefficient (Wildman–Crippen LogP) is 4.24. The van der Waals surface area contributed by atoms with Crippen molar-refractivity contribution in [2.45, 2.75) is 27.4 Å². The third-order valence-electron chi connectivity index (χ3n) is 1.92. The van der Waals surface area contributed by atoms with Gasteiger partial charge in [0.15, 0.2) is 6.61 Å². The molecule has 2 aromatic rings. The fraction of sp³-hybridized carbons (Fsp3) is 0.308. The number of rotatable bonds is 3. The maximum absolute atomic E-state index is 5.99. The molecule has 3 nitrogen and oxygen atoms in total. The van der Waals surface area contributed by atoms with Gasteiger partial charge in [-0.2, -0.15) is 0 Å². The molecule has 2 rings (SSSR count). The van der Waals surface area contributed by atoms with Gasteiger partial charge in [-0.3, -0.25) is 0 Å². The number of ether oxygens (including phenoxy) is 1. The number of aromatic nitrogens is 1. The molecule has 0 aliphatic carbocycles. The standard InChI is InChI=1S/C11H10ClNO2.C2H6/c1-8-2-3-10(9(12)6-8)15-7-11-13-4-5-14-11;1-2/h2-6H,7H2,1H3;1-2H3. The lowest BCUT2D eigenvalue weighted by atomic mass is 10.2. The first kappa shape index (κ1) is 13.6. The Bertz CT molecular complexity index is 441. The van der Waals surface area contributed by atoms with Crippen molar-refractivity contribution >= 4 is 11.6 Å². The van der Waals surface area contributed by atoms with Crippen LogP contribution in [-0.4, -0.2) is 4.98 Å². The van der Waals surface area contributed by atoms with E-state index in [1.54, 1.807) is 6.20 Å². The molecule has 0 aliphatic heterocycles. The number of hydrogen-bond donors (Lipinski definition) is 0. The second kappa shape index (κ2) is 6.97. The lowest BCUT2D eigenvalue weighted by molar-refractivity contribution is 0.263. The molecule has 0 bridgehead atoms. The Balaban J connectivity index is 0.000000686. The zero-order valence-electron chi connectivity index (χ0n) is 10.2. The van der Waals surface area contributed by atoms with E-state index in [0.29, 0.717) is 16.7 Å². The largest absolute Gasteiger partial charge is 0.482 e. The molecule has 0 spiro atoms. The van der Waals surface area contributed by atoms with Gasteiger partial charge in [-0.05, 0) is 24.6 Å². The zero-order valence-corrected chi connectivity index (χ0v) is 11.0. The number of halogens is 1. The van der Waals surface area contributed by atoms with E-state index >= 15 is 0 Å². The molecular weight excluding hydrogens is 238 g/mol. The highest BCUT2D eigenvalue weighted by Crippen LogP contribution is 2.25. The molecule has 1 aromatic heterocycles. The van der Waals surface area contributed by atoms with Gasteiger partial charge in [0.2, 0.25) is 5.89 Å². The molecule has 92 valence electrons. The SMILES string of the molecule is CC.Cc1ccc(OCc2ncco2)c(Cl)c1. The first-order valence-electron chi connectivity index (χ1n) is 5.53. The fourth-order valence-electron chi connectivity index (χ4n) is 1.19. The second-order valence-electron chi connectivity index (χ2n) is 3.15. The summed E-state index contributed by atoms with van der Waals surface area (Å²) >= 11 is 5.99. The van der Waals surface area contributed by atoms with E-state index in [1.165, 1.54) is 6.26 Å². The third-order valence-corrected chi connectivity index (χ3v) is 2.22. The minimum absolute atomic E-state index is 0.287. The number of benzene rings is 1. The van der Waals surface area contributed by atoms with Crippen LogP contribution in [0.25, 0.3) is 0 Å². The molecular formula is C13H16ClNO2. The summed E-state index contributed by atoms with van der Waals surface area (Å²) in [5.74, 6) is 1.17. The summed E-state index contributed by atoms with van der Waals surface area (Å²) in [6.07, 6.45) is 3.09. The van der Waals surface area contributed by atoms with E-state index in [1.807, 2.05) is 39.0 Å². The number of nitrogens with zero attached hydrogens (tertiary/aromatic N) is 1. The van der Waals surface area contributed by atoms with E-state index < -0.39 is 0 Å². The van der Waals surface area contributed by atoms with Crippen LogP contribution in [0, 0.1) is 6.92 Å². The Morgan fingerprint density at radius 2 is 2.12 bits per heavy atom. The van der Waals surface area contributed by atoms with Gasteiger partial charge in [0.05, 0.1) is 11.2 Å². The Kier molecular flexibility index (Phi) is 5.57. The van der Waals surface area contributed by atoms with Crippen LogP contribution in [0.1, 0.15) is 25.3 Å². The van der Waals surface area contributed by atoms with Crippen molar-refractivity contribution in [3.63, 3.8) is 0 Å². The van der Waals surface area contributed by atoms with Gasteiger partial charge in [0, 0.05) is 0 Å². The summed E-state index contributed by atoms with van der Waals surface area (Å²) in [5.41, 5.74) is 1.10. The van der Waals surface area contributed by atoms with Crippen LogP contribution < -0.4 is 4.74 Å². The minimum atomic E-state index is 0.287. The molecule has 0 atom stereocenters. The van der Waals surface area contributed by atoms with Crippen molar-refractivity contribution in [3.05, 3.63) is 47.1 Å². The zero-order chi connectivity index (χ0) is 12.7. The lowest BCUT2D eigenvalue weighted by Crippen LogP contribution is -1.96. The van der Waals surface area contributed by atoms with Gasteiger partial charge in [-0.25, -0.2) is 4.98 Å². The molecule has 0 fully saturated rings. The normalized spacial score (nSPS) is 9.41. The monoisotopic (exact) mass is 253 g/mol. The van der Waals surface area contributed by atoms with Crippen molar-refractivity contribution in [2.75, 3.05) is 0 Å². The van der Waals surface area contributed by atoms with Gasteiger partial charge < -0.3 is 9.15 Å². The first-order valence-corrected chi connectivity index (χ1v) is 5.91. The molecule has 4 heteroatoms. The molecule has 0 saturated carbocycles. The van der Waals surface area contributed by atoms with E-state index in [9.17, 15) is 0 Å². The van der Waals surface area contributed by atoms with Crippen molar-refractivity contribution in [2.24, 2.45) is 0 Å². The maximum atomic E-state index is 5.99. The molecule has 0 N–H and O–H groups in total. The van der Waals surface area contributed by atoms with Gasteiger partial charge in [-0.15, -0.1) is 0 Å². The van der Waals surface area contributed by atoms with E-state index in [4.69, 9.17) is 20.8 Å². The van der Waals surface area contributed by atoms with Gasteiger partial charge in [0.1, 0.15) is 12.0 Å². The maximum Gasteiger partial charge on any atom is 0.232 e. The Morgan fingerprint density at radius 1 is 1.35 bits per heavy atom. The van der Waals surface area contributed by atoms with Crippen LogP contribution in [0.5, 0.6) is 5.75 Å². The van der Waals surface area contributed by atoms with Crippen LogP contribution in [0.4, 0.5) is 0 Å². The predicted molar refractivity (Wildman–Crippen MR) is 68.4 cm³/mol. The lowest BCUT2D eigenvalue weighted by Gasteiger charge is -2.06. The average molecular weight is 254 g/mol. The van der Waals surface area contributed by atoms with Crippen molar-refractivity contribution < 1.29 is 9.15 Å². The smallest absolute Gasteiger partial charge is 0.232 e. The van der Waals surface area contributed by atoms with E-state index in [0.717, 1.165) is 5.56 Å². The average Bonchev–Trinajstić information content (AvgIpc) is 2.84. The summed E-state index contributed by atoms with van der Waals surface area (Å²) in [6.45, 7) is 6.26. The second-order valence-corrected chi connectivity index (χ2v) is 3.56. The number of hydrogen-bond acceptors (Lipinski definition) is 3. The molecule has 0 amide bonds. The summed E-state index contributed by atoms with van der Waals surface area (Å²) in [4.78, 5) is 3.94. The Hall–Kier alpha value is -1.48. The molecule has 0 aliphatic rings. The number of aryl methyl sites for hydroxylation is 1. The van der Waals surface area contributed by atoms with Crippen LogP contribution in [0.3, 0.4) is 0 Å². The fourth-order valence-corrected chi connectivity index (χ4v) is 1.48. The van der Waals surface area contributed by atoms with Crippen LogP contribution in [-0.2, 0) is 6.61 Å². The van der Waals surface area contributed by atoms with Crippen LogP contribution in [0.2, 0.25) is 5.02 Å². The van der Waals surface area contributed by atoms with E-state index in [2.05, 4.69) is 4.98 Å². The van der Waals surface area contributed by atoms with Crippen molar-refractivity contribution in [1.29, 1.82) is 0 Å². The van der Waals surface area contributed by atoms with Gasteiger partial charge in [-0.1, -0.05) is 31.5 Å². The first-order chi connectivity index (χ1) is 8.25. The molecule has 0 unspecified atom stereocenters. The topological polar surface area (TPSA) is 35.3 Å². The highest BCUT2D eigenvalue weighted by molar-refractivity contribution is 6.32. The molecule has 1 heterocycles. The molecule has 0 saturated heterocycles. The highest BCUT2D eigenvalue weighted by atomic mass is 35.5. The van der Waals surface area contributed by atoms with Crippen molar-refractivity contribution in [3.8, 4) is 5.75 Å².